The topological polar surface area (TPSA) is 85.3 Å². The highest BCUT2D eigenvalue weighted by Gasteiger charge is 2.11. The fraction of sp³-hybridized carbons (Fsp3) is 0.200. The van der Waals surface area contributed by atoms with Crippen LogP contribution in [0.5, 0.6) is 5.75 Å². The first-order valence-corrected chi connectivity index (χ1v) is 9.47. The minimum atomic E-state index is 0.121. The van der Waals surface area contributed by atoms with Gasteiger partial charge in [-0.2, -0.15) is 4.98 Å². The van der Waals surface area contributed by atoms with E-state index in [-0.39, 0.29) is 5.75 Å². The van der Waals surface area contributed by atoms with Crippen LogP contribution in [-0.2, 0) is 0 Å². The van der Waals surface area contributed by atoms with Crippen LogP contribution in [-0.4, -0.2) is 41.3 Å². The Kier molecular flexibility index (Phi) is 5.45. The van der Waals surface area contributed by atoms with Gasteiger partial charge in [0, 0.05) is 37.6 Å². The Balaban J connectivity index is 1.48. The number of hydrogen-bond acceptors (Lipinski definition) is 7. The van der Waals surface area contributed by atoms with Crippen molar-refractivity contribution in [3.8, 4) is 5.75 Å². The third-order valence-corrected chi connectivity index (χ3v) is 4.78. The van der Waals surface area contributed by atoms with E-state index in [0.717, 1.165) is 31.9 Å². The van der Waals surface area contributed by atoms with Crippen LogP contribution in [0.3, 0.4) is 0 Å². The van der Waals surface area contributed by atoms with E-state index in [4.69, 9.17) is 11.6 Å². The molecule has 1 aromatic heterocycles. The molecule has 28 heavy (non-hydrogen) atoms. The van der Waals surface area contributed by atoms with E-state index in [1.807, 2.05) is 18.2 Å². The van der Waals surface area contributed by atoms with Gasteiger partial charge in [0.2, 0.25) is 5.95 Å². The maximum atomic E-state index is 9.93. The predicted molar refractivity (Wildman–Crippen MR) is 113 cm³/mol. The fourth-order valence-corrected chi connectivity index (χ4v) is 3.17. The number of phenols is 1. The van der Waals surface area contributed by atoms with Crippen molar-refractivity contribution < 1.29 is 5.11 Å². The van der Waals surface area contributed by atoms with Crippen LogP contribution < -0.4 is 20.9 Å². The van der Waals surface area contributed by atoms with Crippen LogP contribution in [0.25, 0.3) is 0 Å². The molecule has 0 atom stereocenters. The van der Waals surface area contributed by atoms with Gasteiger partial charge in [-0.25, -0.2) is 4.98 Å². The van der Waals surface area contributed by atoms with E-state index in [0.29, 0.717) is 22.5 Å². The molecule has 4 rings (SSSR count). The Morgan fingerprint density at radius 2 is 1.75 bits per heavy atom. The molecule has 3 aromatic rings. The summed E-state index contributed by atoms with van der Waals surface area (Å²) in [6.07, 6.45) is 1.52. The zero-order valence-corrected chi connectivity index (χ0v) is 15.9. The molecule has 0 radical (unpaired) electrons. The highest BCUT2D eigenvalue weighted by atomic mass is 35.5. The quantitative estimate of drug-likeness (QED) is 0.489. The molecule has 0 unspecified atom stereocenters. The number of hydrogen-bond donors (Lipinski definition) is 4. The second kappa shape index (κ2) is 8.33. The Hall–Kier alpha value is -3.03. The van der Waals surface area contributed by atoms with E-state index in [1.54, 1.807) is 18.2 Å². The summed E-state index contributed by atoms with van der Waals surface area (Å²) in [5.74, 6) is 0.950. The van der Waals surface area contributed by atoms with Gasteiger partial charge in [-0.05, 0) is 36.4 Å². The summed E-state index contributed by atoms with van der Waals surface area (Å²) in [6, 6.07) is 15.1. The molecule has 144 valence electrons. The normalized spacial score (nSPS) is 14.0. The smallest absolute Gasteiger partial charge is 0.229 e. The van der Waals surface area contributed by atoms with E-state index in [9.17, 15) is 5.11 Å². The zero-order chi connectivity index (χ0) is 19.3. The summed E-state index contributed by atoms with van der Waals surface area (Å²) < 4.78 is 0. The molecule has 0 aliphatic carbocycles. The summed E-state index contributed by atoms with van der Waals surface area (Å²) in [4.78, 5) is 11.0. The number of nitrogens with zero attached hydrogens (tertiary/aromatic N) is 3. The fourth-order valence-electron chi connectivity index (χ4n) is 3.03. The average Bonchev–Trinajstić information content (AvgIpc) is 2.73. The average molecular weight is 397 g/mol. The SMILES string of the molecule is Oc1ccccc1Nc1nc(Nc2ccc(N3CCNCC3)cc2)ncc1Cl. The molecule has 1 fully saturated rings. The monoisotopic (exact) mass is 396 g/mol. The van der Waals surface area contributed by atoms with Gasteiger partial charge in [-0.1, -0.05) is 23.7 Å². The molecule has 7 nitrogen and oxygen atoms in total. The molecular weight excluding hydrogens is 376 g/mol. The molecule has 0 bridgehead atoms. The largest absolute Gasteiger partial charge is 0.506 e. The minimum absolute atomic E-state index is 0.121. The third kappa shape index (κ3) is 4.27. The summed E-state index contributed by atoms with van der Waals surface area (Å²) >= 11 is 6.20. The van der Waals surface area contributed by atoms with Crippen LogP contribution in [0.4, 0.5) is 28.8 Å². The molecule has 8 heteroatoms. The number of nitrogens with one attached hydrogen (secondary N) is 3. The lowest BCUT2D eigenvalue weighted by atomic mass is 10.2. The Morgan fingerprint density at radius 3 is 2.50 bits per heavy atom. The number of piperazine rings is 1. The highest BCUT2D eigenvalue weighted by molar-refractivity contribution is 6.32. The van der Waals surface area contributed by atoms with Gasteiger partial charge in [-0.15, -0.1) is 0 Å². The lowest BCUT2D eigenvalue weighted by Gasteiger charge is -2.29. The molecule has 2 heterocycles. The van der Waals surface area contributed by atoms with Gasteiger partial charge in [0.15, 0.2) is 5.82 Å². The standard InChI is InChI=1S/C20H21ClN6O/c21-16-13-23-20(26-19(16)25-17-3-1-2-4-18(17)28)24-14-5-7-15(8-6-14)27-11-9-22-10-12-27/h1-8,13,22,28H,9-12H2,(H2,23,24,25,26). The highest BCUT2D eigenvalue weighted by Crippen LogP contribution is 2.29. The van der Waals surface area contributed by atoms with Gasteiger partial charge in [0.05, 0.1) is 11.9 Å². The third-order valence-electron chi connectivity index (χ3n) is 4.51. The number of para-hydroxylation sites is 2. The molecule has 2 aromatic carbocycles. The Labute approximate surface area is 168 Å². The first-order valence-electron chi connectivity index (χ1n) is 9.09. The van der Waals surface area contributed by atoms with E-state index in [2.05, 4.69) is 43.0 Å². The van der Waals surface area contributed by atoms with Gasteiger partial charge < -0.3 is 26.0 Å². The number of aromatic hydroxyl groups is 1. The molecular formula is C20H21ClN6O. The lowest BCUT2D eigenvalue weighted by Crippen LogP contribution is -2.43. The summed E-state index contributed by atoms with van der Waals surface area (Å²) in [6.45, 7) is 4.03. The van der Waals surface area contributed by atoms with Crippen molar-refractivity contribution in [3.05, 3.63) is 59.8 Å². The van der Waals surface area contributed by atoms with E-state index >= 15 is 0 Å². The van der Waals surface area contributed by atoms with Crippen molar-refractivity contribution in [1.82, 2.24) is 15.3 Å². The molecule has 1 saturated heterocycles. The lowest BCUT2D eigenvalue weighted by molar-refractivity contribution is 0.477. The van der Waals surface area contributed by atoms with E-state index in [1.165, 1.54) is 11.9 Å². The van der Waals surface area contributed by atoms with Crippen LogP contribution in [0, 0.1) is 0 Å². The molecule has 0 saturated carbocycles. The van der Waals surface area contributed by atoms with Gasteiger partial charge in [0.25, 0.3) is 0 Å². The van der Waals surface area contributed by atoms with Crippen molar-refractivity contribution in [2.75, 3.05) is 41.7 Å². The first kappa shape index (κ1) is 18.3. The zero-order valence-electron chi connectivity index (χ0n) is 15.2. The number of anilines is 5. The minimum Gasteiger partial charge on any atom is -0.506 e. The van der Waals surface area contributed by atoms with Crippen molar-refractivity contribution in [1.29, 1.82) is 0 Å². The van der Waals surface area contributed by atoms with Crippen molar-refractivity contribution in [2.24, 2.45) is 0 Å². The van der Waals surface area contributed by atoms with Crippen molar-refractivity contribution in [2.45, 2.75) is 0 Å². The summed E-state index contributed by atoms with van der Waals surface area (Å²) in [5.41, 5.74) is 2.61. The molecule has 0 amide bonds. The second-order valence-corrected chi connectivity index (χ2v) is 6.85. The molecule has 0 spiro atoms. The van der Waals surface area contributed by atoms with Crippen LogP contribution in [0.2, 0.25) is 5.02 Å². The number of rotatable bonds is 5. The predicted octanol–water partition coefficient (Wildman–Crippen LogP) is 3.73. The number of benzene rings is 2. The Bertz CT molecular complexity index is 944. The second-order valence-electron chi connectivity index (χ2n) is 6.44. The van der Waals surface area contributed by atoms with E-state index < -0.39 is 0 Å². The first-order chi connectivity index (χ1) is 13.7. The maximum absolute atomic E-state index is 9.93. The van der Waals surface area contributed by atoms with Crippen molar-refractivity contribution in [3.63, 3.8) is 0 Å². The summed E-state index contributed by atoms with van der Waals surface area (Å²) in [7, 11) is 0. The molecule has 1 aliphatic heterocycles. The van der Waals surface area contributed by atoms with Crippen LogP contribution in [0.1, 0.15) is 0 Å². The van der Waals surface area contributed by atoms with Gasteiger partial charge >= 0.3 is 0 Å². The molecule has 4 N–H and O–H groups in total. The van der Waals surface area contributed by atoms with Gasteiger partial charge in [-0.3, -0.25) is 0 Å². The van der Waals surface area contributed by atoms with Gasteiger partial charge in [0.1, 0.15) is 10.8 Å². The molecule has 1 aliphatic rings. The van der Waals surface area contributed by atoms with Crippen molar-refractivity contribution >= 4 is 40.4 Å². The van der Waals surface area contributed by atoms with Crippen LogP contribution in [0.15, 0.2) is 54.7 Å². The maximum Gasteiger partial charge on any atom is 0.229 e. The van der Waals surface area contributed by atoms with Crippen LogP contribution >= 0.6 is 11.6 Å². The Morgan fingerprint density at radius 1 is 1.00 bits per heavy atom. The summed E-state index contributed by atoms with van der Waals surface area (Å²) in [5, 5.41) is 19.9. The number of halogens is 1. The number of aromatic nitrogens is 2. The number of phenolic OH excluding ortho intramolecular Hbond substituents is 1.